The Morgan fingerprint density at radius 2 is 2.06 bits per heavy atom. The van der Waals surface area contributed by atoms with Crippen molar-refractivity contribution in [3.8, 4) is 0 Å². The Morgan fingerprint density at radius 3 is 2.65 bits per heavy atom. The van der Waals surface area contributed by atoms with Crippen LogP contribution in [0.1, 0.15) is 9.67 Å². The molecular formula is C10H14ClN3O2S. The SMILES string of the molecule is Cl.O=C(NC(=O)N1CCNCC1)c1cccs1. The van der Waals surface area contributed by atoms with Gasteiger partial charge in [0, 0.05) is 26.2 Å². The molecule has 0 aromatic carbocycles. The lowest BCUT2D eigenvalue weighted by Crippen LogP contribution is -2.51. The molecule has 2 rings (SSSR count). The molecule has 2 heterocycles. The van der Waals surface area contributed by atoms with Crippen LogP contribution in [0.5, 0.6) is 0 Å². The van der Waals surface area contributed by atoms with E-state index in [-0.39, 0.29) is 24.3 Å². The van der Waals surface area contributed by atoms with Crippen LogP contribution >= 0.6 is 23.7 Å². The molecule has 0 atom stereocenters. The van der Waals surface area contributed by atoms with Gasteiger partial charge in [0.15, 0.2) is 0 Å². The number of nitrogens with zero attached hydrogens (tertiary/aromatic N) is 1. The largest absolute Gasteiger partial charge is 0.324 e. The van der Waals surface area contributed by atoms with E-state index in [2.05, 4.69) is 10.6 Å². The van der Waals surface area contributed by atoms with Crippen molar-refractivity contribution < 1.29 is 9.59 Å². The molecule has 0 saturated carbocycles. The standard InChI is InChI=1S/C10H13N3O2S.ClH/c14-9(8-2-1-7-16-8)12-10(15)13-5-3-11-4-6-13;/h1-2,7,11H,3-6H2,(H,12,14,15);1H. The monoisotopic (exact) mass is 275 g/mol. The molecule has 5 nitrogen and oxygen atoms in total. The zero-order valence-electron chi connectivity index (χ0n) is 9.14. The number of piperazine rings is 1. The van der Waals surface area contributed by atoms with Gasteiger partial charge >= 0.3 is 6.03 Å². The maximum absolute atomic E-state index is 11.7. The zero-order chi connectivity index (χ0) is 11.4. The van der Waals surface area contributed by atoms with Crippen molar-refractivity contribution in [3.05, 3.63) is 22.4 Å². The van der Waals surface area contributed by atoms with Crippen molar-refractivity contribution in [1.82, 2.24) is 15.5 Å². The first-order valence-corrected chi connectivity index (χ1v) is 6.00. The molecule has 0 spiro atoms. The fraction of sp³-hybridized carbons (Fsp3) is 0.400. The average Bonchev–Trinajstić information content (AvgIpc) is 2.83. The minimum Gasteiger partial charge on any atom is -0.322 e. The lowest BCUT2D eigenvalue weighted by atomic mass is 10.4. The van der Waals surface area contributed by atoms with Crippen molar-refractivity contribution in [3.63, 3.8) is 0 Å². The second kappa shape index (κ2) is 6.58. The summed E-state index contributed by atoms with van der Waals surface area (Å²) in [5, 5.41) is 7.34. The van der Waals surface area contributed by atoms with Crippen LogP contribution < -0.4 is 10.6 Å². The van der Waals surface area contributed by atoms with Crippen LogP contribution in [0.3, 0.4) is 0 Å². The van der Waals surface area contributed by atoms with E-state index in [4.69, 9.17) is 0 Å². The highest BCUT2D eigenvalue weighted by molar-refractivity contribution is 7.12. The molecular weight excluding hydrogens is 262 g/mol. The number of urea groups is 1. The molecule has 1 aliphatic heterocycles. The van der Waals surface area contributed by atoms with Crippen LogP contribution in [-0.2, 0) is 0 Å². The molecule has 0 bridgehead atoms. The molecule has 0 aliphatic carbocycles. The topological polar surface area (TPSA) is 61.4 Å². The number of carbonyl (C=O) groups is 2. The van der Waals surface area contributed by atoms with E-state index in [0.29, 0.717) is 18.0 Å². The Hall–Kier alpha value is -1.11. The molecule has 1 saturated heterocycles. The predicted octanol–water partition coefficient (Wildman–Crippen LogP) is 0.925. The maximum Gasteiger partial charge on any atom is 0.324 e. The first-order chi connectivity index (χ1) is 7.77. The summed E-state index contributed by atoms with van der Waals surface area (Å²) in [7, 11) is 0. The van der Waals surface area contributed by atoms with Crippen LogP contribution in [0.2, 0.25) is 0 Å². The number of nitrogens with one attached hydrogen (secondary N) is 2. The fourth-order valence-corrected chi connectivity index (χ4v) is 2.13. The van der Waals surface area contributed by atoms with Gasteiger partial charge in [0.25, 0.3) is 5.91 Å². The summed E-state index contributed by atoms with van der Waals surface area (Å²) in [4.78, 5) is 25.5. The average molecular weight is 276 g/mol. The highest BCUT2D eigenvalue weighted by Gasteiger charge is 2.18. The normalized spacial score (nSPS) is 14.9. The van der Waals surface area contributed by atoms with Gasteiger partial charge in [-0.3, -0.25) is 10.1 Å². The predicted molar refractivity (Wildman–Crippen MR) is 68.9 cm³/mol. The number of halogens is 1. The Kier molecular flexibility index (Phi) is 5.40. The molecule has 3 amide bonds. The molecule has 0 radical (unpaired) electrons. The highest BCUT2D eigenvalue weighted by atomic mass is 35.5. The first kappa shape index (κ1) is 14.0. The minimum atomic E-state index is -0.321. The summed E-state index contributed by atoms with van der Waals surface area (Å²) in [6.45, 7) is 2.84. The summed E-state index contributed by atoms with van der Waals surface area (Å²) < 4.78 is 0. The number of hydrogen-bond donors (Lipinski definition) is 2. The van der Waals surface area contributed by atoms with Crippen LogP contribution in [0, 0.1) is 0 Å². The Labute approximate surface area is 110 Å². The van der Waals surface area contributed by atoms with Gasteiger partial charge in [-0.2, -0.15) is 0 Å². The Morgan fingerprint density at radius 1 is 1.35 bits per heavy atom. The van der Waals surface area contributed by atoms with E-state index < -0.39 is 0 Å². The van der Waals surface area contributed by atoms with E-state index in [1.807, 2.05) is 5.38 Å². The van der Waals surface area contributed by atoms with Crippen molar-refractivity contribution in [2.75, 3.05) is 26.2 Å². The molecule has 17 heavy (non-hydrogen) atoms. The third kappa shape index (κ3) is 3.69. The van der Waals surface area contributed by atoms with Gasteiger partial charge < -0.3 is 10.2 Å². The smallest absolute Gasteiger partial charge is 0.322 e. The molecule has 1 aromatic rings. The lowest BCUT2D eigenvalue weighted by molar-refractivity contribution is 0.0954. The highest BCUT2D eigenvalue weighted by Crippen LogP contribution is 2.08. The molecule has 94 valence electrons. The quantitative estimate of drug-likeness (QED) is 0.801. The second-order valence-electron chi connectivity index (χ2n) is 3.47. The third-order valence-electron chi connectivity index (χ3n) is 2.37. The number of imide groups is 1. The molecule has 1 aromatic heterocycles. The summed E-state index contributed by atoms with van der Waals surface area (Å²) in [6, 6.07) is 3.18. The minimum absolute atomic E-state index is 0. The molecule has 7 heteroatoms. The van der Waals surface area contributed by atoms with Gasteiger partial charge in [-0.15, -0.1) is 23.7 Å². The van der Waals surface area contributed by atoms with Crippen molar-refractivity contribution >= 4 is 35.7 Å². The molecule has 1 aliphatic rings. The summed E-state index contributed by atoms with van der Waals surface area (Å²) >= 11 is 1.32. The van der Waals surface area contributed by atoms with Gasteiger partial charge in [0.05, 0.1) is 4.88 Å². The van der Waals surface area contributed by atoms with Crippen molar-refractivity contribution in [2.45, 2.75) is 0 Å². The maximum atomic E-state index is 11.7. The van der Waals surface area contributed by atoms with Crippen molar-refractivity contribution in [2.24, 2.45) is 0 Å². The van der Waals surface area contributed by atoms with Crippen LogP contribution in [0.15, 0.2) is 17.5 Å². The number of rotatable bonds is 1. The molecule has 1 fully saturated rings. The number of carbonyl (C=O) groups excluding carboxylic acids is 2. The van der Waals surface area contributed by atoms with E-state index in [1.54, 1.807) is 17.0 Å². The molecule has 2 N–H and O–H groups in total. The fourth-order valence-electron chi connectivity index (χ4n) is 1.51. The molecule has 0 unspecified atom stereocenters. The van der Waals surface area contributed by atoms with Gasteiger partial charge in [-0.05, 0) is 11.4 Å². The van der Waals surface area contributed by atoms with Crippen LogP contribution in [0.4, 0.5) is 4.79 Å². The number of amides is 3. The van der Waals surface area contributed by atoms with Gasteiger partial charge in [-0.1, -0.05) is 6.07 Å². The van der Waals surface area contributed by atoms with Gasteiger partial charge in [-0.25, -0.2) is 4.79 Å². The van der Waals surface area contributed by atoms with E-state index in [9.17, 15) is 9.59 Å². The van der Waals surface area contributed by atoms with Crippen molar-refractivity contribution in [1.29, 1.82) is 0 Å². The van der Waals surface area contributed by atoms with E-state index >= 15 is 0 Å². The van der Waals surface area contributed by atoms with Gasteiger partial charge in [0.1, 0.15) is 0 Å². The van der Waals surface area contributed by atoms with E-state index in [1.165, 1.54) is 11.3 Å². The first-order valence-electron chi connectivity index (χ1n) is 5.12. The summed E-state index contributed by atoms with van der Waals surface area (Å²) in [5.41, 5.74) is 0. The zero-order valence-corrected chi connectivity index (χ0v) is 10.8. The number of hydrogen-bond acceptors (Lipinski definition) is 4. The van der Waals surface area contributed by atoms with Gasteiger partial charge in [0.2, 0.25) is 0 Å². The lowest BCUT2D eigenvalue weighted by Gasteiger charge is -2.26. The van der Waals surface area contributed by atoms with Crippen LogP contribution in [-0.4, -0.2) is 43.0 Å². The second-order valence-corrected chi connectivity index (χ2v) is 4.42. The third-order valence-corrected chi connectivity index (χ3v) is 3.24. The Bertz CT molecular complexity index is 377. The van der Waals surface area contributed by atoms with E-state index in [0.717, 1.165) is 13.1 Å². The Balaban J connectivity index is 0.00000144. The van der Waals surface area contributed by atoms with Crippen LogP contribution in [0.25, 0.3) is 0 Å². The summed E-state index contributed by atoms with van der Waals surface area (Å²) in [5.74, 6) is -0.321. The summed E-state index contributed by atoms with van der Waals surface area (Å²) in [6.07, 6.45) is 0. The number of thiophene rings is 1.